The summed E-state index contributed by atoms with van der Waals surface area (Å²) in [5, 5.41) is 3.80. The molecule has 0 aliphatic carbocycles. The predicted molar refractivity (Wildman–Crippen MR) is 92.0 cm³/mol. The van der Waals surface area contributed by atoms with Crippen LogP contribution in [0.2, 0.25) is 10.0 Å². The number of carbonyl (C=O) groups is 2. The van der Waals surface area contributed by atoms with Gasteiger partial charge in [0.1, 0.15) is 0 Å². The molecule has 1 heterocycles. The van der Waals surface area contributed by atoms with Crippen molar-refractivity contribution in [2.24, 2.45) is 5.92 Å². The smallest absolute Gasteiger partial charge is 0.229 e. The van der Waals surface area contributed by atoms with Crippen LogP contribution in [0.3, 0.4) is 0 Å². The van der Waals surface area contributed by atoms with Gasteiger partial charge in [0.2, 0.25) is 11.8 Å². The lowest BCUT2D eigenvalue weighted by atomic mass is 10.1. The van der Waals surface area contributed by atoms with Gasteiger partial charge in [0, 0.05) is 23.7 Å². The Bertz CT molecular complexity index is 764. The molecule has 1 saturated heterocycles. The van der Waals surface area contributed by atoms with E-state index in [1.54, 1.807) is 53.4 Å². The monoisotopic (exact) mass is 348 g/mol. The van der Waals surface area contributed by atoms with Crippen LogP contribution in [-0.4, -0.2) is 18.4 Å². The zero-order chi connectivity index (χ0) is 16.4. The fraction of sp³-hybridized carbons (Fsp3) is 0.176. The van der Waals surface area contributed by atoms with Crippen molar-refractivity contribution in [3.05, 3.63) is 58.6 Å². The summed E-state index contributed by atoms with van der Waals surface area (Å²) in [5.74, 6) is -0.722. The van der Waals surface area contributed by atoms with E-state index in [1.165, 1.54) is 0 Å². The minimum atomic E-state index is -0.419. The van der Waals surface area contributed by atoms with Crippen LogP contribution in [0.5, 0.6) is 0 Å². The van der Waals surface area contributed by atoms with E-state index < -0.39 is 5.92 Å². The van der Waals surface area contributed by atoms with E-state index >= 15 is 0 Å². The van der Waals surface area contributed by atoms with Gasteiger partial charge in [-0.3, -0.25) is 9.59 Å². The number of halogens is 2. The van der Waals surface area contributed by atoms with Gasteiger partial charge in [-0.05, 0) is 30.3 Å². The largest absolute Gasteiger partial charge is 0.324 e. The fourth-order valence-electron chi connectivity index (χ4n) is 2.57. The highest BCUT2D eigenvalue weighted by Gasteiger charge is 2.35. The Kier molecular flexibility index (Phi) is 4.55. The van der Waals surface area contributed by atoms with Gasteiger partial charge in [-0.2, -0.15) is 0 Å². The Balaban J connectivity index is 1.72. The van der Waals surface area contributed by atoms with Crippen LogP contribution < -0.4 is 10.2 Å². The Morgan fingerprint density at radius 2 is 1.91 bits per heavy atom. The second-order valence-electron chi connectivity index (χ2n) is 5.35. The molecule has 0 unspecified atom stereocenters. The van der Waals surface area contributed by atoms with Gasteiger partial charge in [-0.25, -0.2) is 0 Å². The second kappa shape index (κ2) is 6.60. The summed E-state index contributed by atoms with van der Waals surface area (Å²) in [7, 11) is 0. The number of carbonyl (C=O) groups excluding carboxylic acids is 2. The minimum absolute atomic E-state index is 0.0911. The fourth-order valence-corrected chi connectivity index (χ4v) is 2.94. The van der Waals surface area contributed by atoms with E-state index in [9.17, 15) is 9.59 Å². The van der Waals surface area contributed by atoms with E-state index in [0.717, 1.165) is 0 Å². The molecule has 1 fully saturated rings. The summed E-state index contributed by atoms with van der Waals surface area (Å²) in [5.41, 5.74) is 1.25. The number of hydrogen-bond acceptors (Lipinski definition) is 2. The summed E-state index contributed by atoms with van der Waals surface area (Å²) < 4.78 is 0. The topological polar surface area (TPSA) is 49.4 Å². The molecule has 1 aliphatic heterocycles. The van der Waals surface area contributed by atoms with Crippen molar-refractivity contribution < 1.29 is 9.59 Å². The highest BCUT2D eigenvalue weighted by Crippen LogP contribution is 2.28. The SMILES string of the molecule is O=C(Nc1ccccc1Cl)[C@H]1CC(=O)N(c2cccc(Cl)c2)C1. The first-order chi connectivity index (χ1) is 11.0. The second-order valence-corrected chi connectivity index (χ2v) is 6.20. The number of para-hydroxylation sites is 1. The number of nitrogens with one attached hydrogen (secondary N) is 1. The van der Waals surface area contributed by atoms with Gasteiger partial charge in [-0.1, -0.05) is 41.4 Å². The lowest BCUT2D eigenvalue weighted by molar-refractivity contribution is -0.122. The summed E-state index contributed by atoms with van der Waals surface area (Å²) in [4.78, 5) is 26.2. The predicted octanol–water partition coefficient (Wildman–Crippen LogP) is 3.99. The molecule has 3 rings (SSSR count). The van der Waals surface area contributed by atoms with Crippen molar-refractivity contribution in [1.29, 1.82) is 0 Å². The van der Waals surface area contributed by atoms with Gasteiger partial charge in [-0.15, -0.1) is 0 Å². The molecule has 2 aromatic rings. The van der Waals surface area contributed by atoms with Crippen molar-refractivity contribution in [3.63, 3.8) is 0 Å². The Morgan fingerprint density at radius 3 is 2.65 bits per heavy atom. The molecular weight excluding hydrogens is 335 g/mol. The summed E-state index contributed by atoms with van der Waals surface area (Å²) in [6.07, 6.45) is 0.169. The molecule has 0 spiro atoms. The van der Waals surface area contributed by atoms with Crippen molar-refractivity contribution in [2.75, 3.05) is 16.8 Å². The first kappa shape index (κ1) is 15.8. The van der Waals surface area contributed by atoms with Crippen LogP contribution in [-0.2, 0) is 9.59 Å². The first-order valence-corrected chi connectivity index (χ1v) is 7.91. The van der Waals surface area contributed by atoms with Crippen LogP contribution in [0, 0.1) is 5.92 Å². The molecule has 0 saturated carbocycles. The van der Waals surface area contributed by atoms with Crippen molar-refractivity contribution in [1.82, 2.24) is 0 Å². The highest BCUT2D eigenvalue weighted by molar-refractivity contribution is 6.33. The molecule has 2 aromatic carbocycles. The number of nitrogens with zero attached hydrogens (tertiary/aromatic N) is 1. The molecular formula is C17H14Cl2N2O2. The van der Waals surface area contributed by atoms with Crippen molar-refractivity contribution >= 4 is 46.4 Å². The van der Waals surface area contributed by atoms with E-state index in [2.05, 4.69) is 5.32 Å². The van der Waals surface area contributed by atoms with Gasteiger partial charge < -0.3 is 10.2 Å². The molecule has 6 heteroatoms. The highest BCUT2D eigenvalue weighted by atomic mass is 35.5. The van der Waals surface area contributed by atoms with Gasteiger partial charge in [0.15, 0.2) is 0 Å². The third-order valence-corrected chi connectivity index (χ3v) is 4.31. The molecule has 4 nitrogen and oxygen atoms in total. The number of hydrogen-bond donors (Lipinski definition) is 1. The molecule has 0 bridgehead atoms. The van der Waals surface area contributed by atoms with Crippen LogP contribution >= 0.6 is 23.2 Å². The van der Waals surface area contributed by atoms with Gasteiger partial charge >= 0.3 is 0 Å². The molecule has 1 aliphatic rings. The Labute approximate surface area is 144 Å². The van der Waals surface area contributed by atoms with E-state index in [0.29, 0.717) is 28.0 Å². The van der Waals surface area contributed by atoms with Gasteiger partial charge in [0.05, 0.1) is 16.6 Å². The summed E-state index contributed by atoms with van der Waals surface area (Å²) in [6.45, 7) is 0.329. The van der Waals surface area contributed by atoms with E-state index in [1.807, 2.05) is 0 Å². The normalized spacial score (nSPS) is 17.4. The average Bonchev–Trinajstić information content (AvgIpc) is 2.92. The maximum atomic E-state index is 12.4. The molecule has 0 aromatic heterocycles. The van der Waals surface area contributed by atoms with E-state index in [4.69, 9.17) is 23.2 Å². The van der Waals surface area contributed by atoms with Gasteiger partial charge in [0.25, 0.3) is 0 Å². The zero-order valence-electron chi connectivity index (χ0n) is 12.1. The minimum Gasteiger partial charge on any atom is -0.324 e. The van der Waals surface area contributed by atoms with Crippen molar-refractivity contribution in [2.45, 2.75) is 6.42 Å². The Morgan fingerprint density at radius 1 is 1.13 bits per heavy atom. The summed E-state index contributed by atoms with van der Waals surface area (Å²) >= 11 is 12.0. The summed E-state index contributed by atoms with van der Waals surface area (Å²) in [6, 6.07) is 14.1. The standard InChI is InChI=1S/C17H14Cl2N2O2/c18-12-4-3-5-13(9-12)21-10-11(8-16(21)22)17(23)20-15-7-2-1-6-14(15)19/h1-7,9,11H,8,10H2,(H,20,23)/t11-/m0/s1. The molecule has 0 radical (unpaired) electrons. The number of amides is 2. The third kappa shape index (κ3) is 3.49. The quantitative estimate of drug-likeness (QED) is 0.911. The number of anilines is 2. The van der Waals surface area contributed by atoms with Crippen LogP contribution in [0.4, 0.5) is 11.4 Å². The number of benzene rings is 2. The lowest BCUT2D eigenvalue weighted by Gasteiger charge is -2.17. The van der Waals surface area contributed by atoms with Crippen LogP contribution in [0.25, 0.3) is 0 Å². The first-order valence-electron chi connectivity index (χ1n) is 7.16. The number of rotatable bonds is 3. The zero-order valence-corrected chi connectivity index (χ0v) is 13.6. The van der Waals surface area contributed by atoms with Crippen LogP contribution in [0.15, 0.2) is 48.5 Å². The maximum absolute atomic E-state index is 12.4. The molecule has 2 amide bonds. The van der Waals surface area contributed by atoms with Crippen molar-refractivity contribution in [3.8, 4) is 0 Å². The van der Waals surface area contributed by atoms with E-state index in [-0.39, 0.29) is 18.2 Å². The average molecular weight is 349 g/mol. The Hall–Kier alpha value is -2.04. The maximum Gasteiger partial charge on any atom is 0.229 e. The molecule has 23 heavy (non-hydrogen) atoms. The van der Waals surface area contributed by atoms with Crippen LogP contribution in [0.1, 0.15) is 6.42 Å². The molecule has 1 atom stereocenters. The molecule has 1 N–H and O–H groups in total. The lowest BCUT2D eigenvalue weighted by Crippen LogP contribution is -2.28. The third-order valence-electron chi connectivity index (χ3n) is 3.75. The molecule has 118 valence electrons.